The van der Waals surface area contributed by atoms with Gasteiger partial charge >= 0.3 is 0 Å². The summed E-state index contributed by atoms with van der Waals surface area (Å²) in [5.74, 6) is 0.359. The van der Waals surface area contributed by atoms with Gasteiger partial charge in [0.15, 0.2) is 0 Å². The number of allylic oxidation sites excluding steroid dienone is 5. The predicted octanol–water partition coefficient (Wildman–Crippen LogP) is 7.45. The first kappa shape index (κ1) is 20.6. The molecule has 1 aliphatic carbocycles. The molecule has 0 radical (unpaired) electrons. The van der Waals surface area contributed by atoms with Gasteiger partial charge in [-0.15, -0.1) is 11.3 Å². The van der Waals surface area contributed by atoms with Gasteiger partial charge in [0.25, 0.3) is 0 Å². The molecule has 2 nitrogen and oxygen atoms in total. The lowest BCUT2D eigenvalue weighted by atomic mass is 9.83. The van der Waals surface area contributed by atoms with Crippen LogP contribution in [0, 0.1) is 22.7 Å². The van der Waals surface area contributed by atoms with E-state index in [2.05, 4.69) is 72.8 Å². The molecule has 0 saturated carbocycles. The topological polar surface area (TPSA) is 47.6 Å². The highest BCUT2D eigenvalue weighted by molar-refractivity contribution is 7.16. The molecule has 4 rings (SSSR count). The van der Waals surface area contributed by atoms with Gasteiger partial charge in [0.05, 0.1) is 0 Å². The SMILES string of the molecule is N#CC(C#N)=Cc1ccc(-c2ccc(CC(C3=CCCC=C3)c3ccccc3)cc2)s1. The van der Waals surface area contributed by atoms with E-state index in [0.29, 0.717) is 5.92 Å². The fourth-order valence-electron chi connectivity index (χ4n) is 3.86. The summed E-state index contributed by atoms with van der Waals surface area (Å²) in [6.07, 6.45) is 11.8. The maximum atomic E-state index is 8.95. The zero-order valence-corrected chi connectivity index (χ0v) is 18.0. The second-order valence-corrected chi connectivity index (χ2v) is 8.65. The summed E-state index contributed by atoms with van der Waals surface area (Å²) in [5, 5.41) is 17.9. The first-order chi connectivity index (χ1) is 15.3. The second-order valence-electron chi connectivity index (χ2n) is 7.53. The van der Waals surface area contributed by atoms with E-state index < -0.39 is 0 Å². The Bertz CT molecular complexity index is 1200. The van der Waals surface area contributed by atoms with E-state index in [-0.39, 0.29) is 5.57 Å². The van der Waals surface area contributed by atoms with Crippen LogP contribution < -0.4 is 0 Å². The van der Waals surface area contributed by atoms with Crippen molar-refractivity contribution >= 4 is 17.4 Å². The Morgan fingerprint density at radius 3 is 2.39 bits per heavy atom. The predicted molar refractivity (Wildman–Crippen MR) is 128 cm³/mol. The molecule has 0 fully saturated rings. The summed E-state index contributed by atoms with van der Waals surface area (Å²) in [5.41, 5.74) is 5.34. The van der Waals surface area contributed by atoms with Crippen LogP contribution in [0.4, 0.5) is 0 Å². The minimum absolute atomic E-state index is 0.127. The summed E-state index contributed by atoms with van der Waals surface area (Å²) in [7, 11) is 0. The average molecular weight is 419 g/mol. The molecule has 31 heavy (non-hydrogen) atoms. The molecule has 3 aromatic rings. The Balaban J connectivity index is 1.55. The van der Waals surface area contributed by atoms with E-state index >= 15 is 0 Å². The van der Waals surface area contributed by atoms with Crippen LogP contribution in [0.15, 0.2) is 96.1 Å². The third-order valence-corrected chi connectivity index (χ3v) is 6.54. The normalized spacial score (nSPS) is 13.5. The zero-order chi connectivity index (χ0) is 21.5. The first-order valence-electron chi connectivity index (χ1n) is 10.4. The molecule has 1 aromatic heterocycles. The van der Waals surface area contributed by atoms with Crippen molar-refractivity contribution in [2.24, 2.45) is 0 Å². The second kappa shape index (κ2) is 9.90. The van der Waals surface area contributed by atoms with Crippen molar-refractivity contribution in [1.82, 2.24) is 0 Å². The maximum Gasteiger partial charge on any atom is 0.131 e. The van der Waals surface area contributed by atoms with E-state index in [1.165, 1.54) is 16.7 Å². The number of hydrogen-bond donors (Lipinski definition) is 0. The van der Waals surface area contributed by atoms with E-state index in [0.717, 1.165) is 34.6 Å². The van der Waals surface area contributed by atoms with Gasteiger partial charge in [-0.2, -0.15) is 10.5 Å². The fourth-order valence-corrected chi connectivity index (χ4v) is 4.82. The Kier molecular flexibility index (Phi) is 6.58. The molecule has 0 aliphatic heterocycles. The number of benzene rings is 2. The van der Waals surface area contributed by atoms with Gasteiger partial charge in [0, 0.05) is 15.7 Å². The third kappa shape index (κ3) is 5.10. The Morgan fingerprint density at radius 1 is 0.935 bits per heavy atom. The van der Waals surface area contributed by atoms with Crippen molar-refractivity contribution in [2.75, 3.05) is 0 Å². The smallest absolute Gasteiger partial charge is 0.131 e. The van der Waals surface area contributed by atoms with Crippen molar-refractivity contribution in [2.45, 2.75) is 25.2 Å². The lowest BCUT2D eigenvalue weighted by molar-refractivity contribution is 0.788. The van der Waals surface area contributed by atoms with Gasteiger partial charge in [-0.05, 0) is 59.7 Å². The molecule has 1 aliphatic rings. The highest BCUT2D eigenvalue weighted by atomic mass is 32.1. The van der Waals surface area contributed by atoms with Crippen molar-refractivity contribution in [3.63, 3.8) is 0 Å². The van der Waals surface area contributed by atoms with Crippen LogP contribution in [0.2, 0.25) is 0 Å². The minimum Gasteiger partial charge on any atom is -0.192 e. The molecule has 0 N–H and O–H groups in total. The lowest BCUT2D eigenvalue weighted by Gasteiger charge is -2.21. The molecule has 150 valence electrons. The van der Waals surface area contributed by atoms with Crippen molar-refractivity contribution in [3.8, 4) is 22.6 Å². The highest BCUT2D eigenvalue weighted by Gasteiger charge is 2.17. The molecule has 2 aromatic carbocycles. The summed E-state index contributed by atoms with van der Waals surface area (Å²) < 4.78 is 0. The molecule has 0 bridgehead atoms. The molecule has 3 heteroatoms. The molecule has 0 spiro atoms. The standard InChI is InChI=1S/C28H22N2S/c29-19-22(20-30)17-26-15-16-28(31-26)25-13-11-21(12-14-25)18-27(23-7-3-1-4-8-23)24-9-5-2-6-10-24/h1,3-5,7-17,27H,2,6,18H2. The van der Waals surface area contributed by atoms with E-state index in [9.17, 15) is 0 Å². The number of hydrogen-bond acceptors (Lipinski definition) is 3. The van der Waals surface area contributed by atoms with Crippen molar-refractivity contribution < 1.29 is 0 Å². The quantitative estimate of drug-likeness (QED) is 0.390. The zero-order valence-electron chi connectivity index (χ0n) is 17.2. The molecule has 1 atom stereocenters. The van der Waals surface area contributed by atoms with Crippen LogP contribution in [0.1, 0.15) is 34.8 Å². The van der Waals surface area contributed by atoms with Crippen LogP contribution >= 0.6 is 11.3 Å². The summed E-state index contributed by atoms with van der Waals surface area (Å²) in [4.78, 5) is 2.04. The van der Waals surface area contributed by atoms with Gasteiger partial charge in [0.2, 0.25) is 0 Å². The van der Waals surface area contributed by atoms with E-state index in [4.69, 9.17) is 10.5 Å². The number of nitrogens with zero attached hydrogens (tertiary/aromatic N) is 2. The average Bonchev–Trinajstić information content (AvgIpc) is 3.31. The maximum absolute atomic E-state index is 8.95. The van der Waals surface area contributed by atoms with Gasteiger partial charge in [0.1, 0.15) is 17.7 Å². The van der Waals surface area contributed by atoms with Crippen LogP contribution in [0.25, 0.3) is 16.5 Å². The van der Waals surface area contributed by atoms with Crippen molar-refractivity contribution in [1.29, 1.82) is 10.5 Å². The minimum atomic E-state index is 0.127. The first-order valence-corrected chi connectivity index (χ1v) is 11.2. The van der Waals surface area contributed by atoms with Gasteiger partial charge in [-0.3, -0.25) is 0 Å². The summed E-state index contributed by atoms with van der Waals surface area (Å²) in [6, 6.07) is 27.3. The molecular formula is C28H22N2S. The number of rotatable bonds is 6. The summed E-state index contributed by atoms with van der Waals surface area (Å²) >= 11 is 1.59. The van der Waals surface area contributed by atoms with Crippen molar-refractivity contribution in [3.05, 3.63) is 112 Å². The lowest BCUT2D eigenvalue weighted by Crippen LogP contribution is -2.06. The highest BCUT2D eigenvalue weighted by Crippen LogP contribution is 2.33. The molecular weight excluding hydrogens is 396 g/mol. The van der Waals surface area contributed by atoms with E-state index in [1.807, 2.05) is 24.3 Å². The number of nitriles is 2. The Morgan fingerprint density at radius 2 is 1.71 bits per heavy atom. The molecule has 1 heterocycles. The Labute approximate surface area is 187 Å². The van der Waals surface area contributed by atoms with Gasteiger partial charge in [-0.25, -0.2) is 0 Å². The van der Waals surface area contributed by atoms with Crippen LogP contribution in [0.3, 0.4) is 0 Å². The fraction of sp³-hybridized carbons (Fsp3) is 0.143. The van der Waals surface area contributed by atoms with Crippen LogP contribution in [0.5, 0.6) is 0 Å². The Hall–Kier alpha value is -3.66. The number of thiophene rings is 1. The van der Waals surface area contributed by atoms with E-state index in [1.54, 1.807) is 17.4 Å². The largest absolute Gasteiger partial charge is 0.192 e. The van der Waals surface area contributed by atoms with Gasteiger partial charge in [-0.1, -0.05) is 72.8 Å². The summed E-state index contributed by atoms with van der Waals surface area (Å²) in [6.45, 7) is 0. The molecule has 1 unspecified atom stereocenters. The van der Waals surface area contributed by atoms with Crippen LogP contribution in [-0.2, 0) is 6.42 Å². The van der Waals surface area contributed by atoms with Crippen LogP contribution in [-0.4, -0.2) is 0 Å². The molecule has 0 saturated heterocycles. The van der Waals surface area contributed by atoms with Gasteiger partial charge < -0.3 is 0 Å². The molecule has 0 amide bonds. The third-order valence-electron chi connectivity index (χ3n) is 5.46. The monoisotopic (exact) mass is 418 g/mol.